The normalized spacial score (nSPS) is 21.6. The lowest BCUT2D eigenvalue weighted by molar-refractivity contribution is 0.0947. The largest absolute Gasteiger partial charge is 0.506 e. The molecule has 0 bridgehead atoms. The minimum atomic E-state index is -0.202. The Kier molecular flexibility index (Phi) is 3.81. The summed E-state index contributed by atoms with van der Waals surface area (Å²) in [5.41, 5.74) is 0.347. The van der Waals surface area contributed by atoms with Crippen LogP contribution < -0.4 is 5.32 Å². The first-order valence-electron chi connectivity index (χ1n) is 7.22. The summed E-state index contributed by atoms with van der Waals surface area (Å²) < 4.78 is 0.127. The minimum absolute atomic E-state index is 0.0647. The van der Waals surface area contributed by atoms with Gasteiger partial charge in [-0.25, -0.2) is 0 Å². The van der Waals surface area contributed by atoms with Crippen molar-refractivity contribution in [2.24, 2.45) is 0 Å². The molecule has 1 aliphatic heterocycles. The van der Waals surface area contributed by atoms with Gasteiger partial charge in [0.15, 0.2) is 0 Å². The van der Waals surface area contributed by atoms with Crippen molar-refractivity contribution < 1.29 is 9.90 Å². The highest BCUT2D eigenvalue weighted by Gasteiger charge is 2.30. The van der Waals surface area contributed by atoms with Gasteiger partial charge < -0.3 is 10.4 Å². The van der Waals surface area contributed by atoms with Crippen LogP contribution in [0.2, 0.25) is 0 Å². The van der Waals surface area contributed by atoms with Crippen LogP contribution in [0.1, 0.15) is 30.1 Å². The molecule has 2 aromatic carbocycles. The van der Waals surface area contributed by atoms with Crippen molar-refractivity contribution in [3.8, 4) is 5.75 Å². The van der Waals surface area contributed by atoms with Crippen molar-refractivity contribution in [3.05, 3.63) is 42.0 Å². The average molecular weight is 301 g/mol. The van der Waals surface area contributed by atoms with E-state index in [1.165, 1.54) is 6.42 Å². The van der Waals surface area contributed by atoms with E-state index in [0.29, 0.717) is 17.5 Å². The Labute approximate surface area is 128 Å². The smallest absolute Gasteiger partial charge is 0.255 e. The fourth-order valence-electron chi connectivity index (χ4n) is 2.78. The molecule has 1 aliphatic rings. The number of carbonyl (C=O) groups excluding carboxylic acids is 1. The second kappa shape index (κ2) is 5.60. The number of amides is 1. The fraction of sp³-hybridized carbons (Fsp3) is 0.353. The van der Waals surface area contributed by atoms with Crippen LogP contribution in [0, 0.1) is 0 Å². The molecule has 1 unspecified atom stereocenters. The maximum absolute atomic E-state index is 12.3. The van der Waals surface area contributed by atoms with E-state index in [9.17, 15) is 9.90 Å². The number of phenols is 1. The number of hydrogen-bond donors (Lipinski definition) is 2. The molecule has 0 aromatic heterocycles. The molecule has 3 nitrogen and oxygen atoms in total. The molecular formula is C17H19NO2S. The van der Waals surface area contributed by atoms with Gasteiger partial charge in [0, 0.05) is 16.7 Å². The van der Waals surface area contributed by atoms with Gasteiger partial charge in [0.05, 0.1) is 5.56 Å². The van der Waals surface area contributed by atoms with Crippen molar-refractivity contribution in [1.82, 2.24) is 5.32 Å². The van der Waals surface area contributed by atoms with Gasteiger partial charge >= 0.3 is 0 Å². The molecule has 0 saturated carbocycles. The zero-order chi connectivity index (χ0) is 14.9. The second-order valence-electron chi connectivity index (χ2n) is 5.77. The SMILES string of the molecule is CC1(CNC(=O)c2ccc3ccccc3c2O)CCCS1. The van der Waals surface area contributed by atoms with E-state index in [0.717, 1.165) is 17.6 Å². The molecule has 4 heteroatoms. The molecule has 2 N–H and O–H groups in total. The van der Waals surface area contributed by atoms with Gasteiger partial charge in [-0.15, -0.1) is 0 Å². The number of fused-ring (bicyclic) bond motifs is 1. The van der Waals surface area contributed by atoms with Crippen LogP contribution in [-0.2, 0) is 0 Å². The first kappa shape index (κ1) is 14.3. The van der Waals surface area contributed by atoms with Crippen LogP contribution in [0.5, 0.6) is 5.75 Å². The minimum Gasteiger partial charge on any atom is -0.506 e. The van der Waals surface area contributed by atoms with Gasteiger partial charge in [0.1, 0.15) is 5.75 Å². The highest BCUT2D eigenvalue weighted by atomic mass is 32.2. The first-order valence-corrected chi connectivity index (χ1v) is 8.20. The molecule has 1 saturated heterocycles. The van der Waals surface area contributed by atoms with Crippen LogP contribution in [0.15, 0.2) is 36.4 Å². The summed E-state index contributed by atoms with van der Waals surface area (Å²) in [5.74, 6) is 1.02. The van der Waals surface area contributed by atoms with Crippen molar-refractivity contribution in [2.75, 3.05) is 12.3 Å². The lowest BCUT2D eigenvalue weighted by atomic mass is 10.0. The Bertz CT molecular complexity index is 678. The van der Waals surface area contributed by atoms with Crippen LogP contribution in [0.4, 0.5) is 0 Å². The molecule has 3 rings (SSSR count). The zero-order valence-electron chi connectivity index (χ0n) is 12.1. The Morgan fingerprint density at radius 3 is 2.90 bits per heavy atom. The van der Waals surface area contributed by atoms with E-state index in [1.807, 2.05) is 42.1 Å². The summed E-state index contributed by atoms with van der Waals surface area (Å²) >= 11 is 1.91. The van der Waals surface area contributed by atoms with Crippen molar-refractivity contribution >= 4 is 28.4 Å². The molecule has 0 spiro atoms. The molecule has 0 aliphatic carbocycles. The Morgan fingerprint density at radius 1 is 1.33 bits per heavy atom. The maximum Gasteiger partial charge on any atom is 0.255 e. The molecule has 1 atom stereocenters. The second-order valence-corrected chi connectivity index (χ2v) is 7.45. The zero-order valence-corrected chi connectivity index (χ0v) is 12.9. The number of aromatic hydroxyl groups is 1. The topological polar surface area (TPSA) is 49.3 Å². The van der Waals surface area contributed by atoms with E-state index in [4.69, 9.17) is 0 Å². The molecule has 1 fully saturated rings. The average Bonchev–Trinajstić information content (AvgIpc) is 2.93. The summed E-state index contributed by atoms with van der Waals surface area (Å²) in [6, 6.07) is 11.1. The van der Waals surface area contributed by atoms with Crippen LogP contribution >= 0.6 is 11.8 Å². The third-order valence-corrected chi connectivity index (χ3v) is 5.61. The predicted octanol–water partition coefficient (Wildman–Crippen LogP) is 3.56. The third-order valence-electron chi connectivity index (χ3n) is 4.07. The molecule has 0 radical (unpaired) electrons. The summed E-state index contributed by atoms with van der Waals surface area (Å²) in [6.45, 7) is 2.83. The van der Waals surface area contributed by atoms with Crippen LogP contribution in [0.3, 0.4) is 0 Å². The lowest BCUT2D eigenvalue weighted by Gasteiger charge is -2.23. The van der Waals surface area contributed by atoms with Gasteiger partial charge in [-0.3, -0.25) is 4.79 Å². The molecular weight excluding hydrogens is 282 g/mol. The standard InChI is InChI=1S/C17H19NO2S/c1-17(9-4-10-21-17)11-18-16(20)14-8-7-12-5-2-3-6-13(12)15(14)19/h2-3,5-8,19H,4,9-11H2,1H3,(H,18,20). The number of phenolic OH excluding ortho intramolecular Hbond substituents is 1. The number of nitrogens with one attached hydrogen (secondary N) is 1. The van der Waals surface area contributed by atoms with E-state index in [-0.39, 0.29) is 16.4 Å². The summed E-state index contributed by atoms with van der Waals surface area (Å²) in [5, 5.41) is 14.9. The van der Waals surface area contributed by atoms with Gasteiger partial charge in [0.25, 0.3) is 5.91 Å². The highest BCUT2D eigenvalue weighted by Crippen LogP contribution is 2.37. The first-order chi connectivity index (χ1) is 10.1. The van der Waals surface area contributed by atoms with Gasteiger partial charge in [-0.2, -0.15) is 11.8 Å². The van der Waals surface area contributed by atoms with E-state index >= 15 is 0 Å². The highest BCUT2D eigenvalue weighted by molar-refractivity contribution is 8.00. The van der Waals surface area contributed by atoms with Crippen molar-refractivity contribution in [3.63, 3.8) is 0 Å². The quantitative estimate of drug-likeness (QED) is 0.911. The van der Waals surface area contributed by atoms with Gasteiger partial charge in [-0.1, -0.05) is 30.3 Å². The van der Waals surface area contributed by atoms with E-state index in [2.05, 4.69) is 12.2 Å². The molecule has 110 valence electrons. The van der Waals surface area contributed by atoms with Crippen molar-refractivity contribution in [2.45, 2.75) is 24.5 Å². The lowest BCUT2D eigenvalue weighted by Crippen LogP contribution is -2.36. The predicted molar refractivity (Wildman–Crippen MR) is 88.0 cm³/mol. The van der Waals surface area contributed by atoms with Crippen LogP contribution in [0.25, 0.3) is 10.8 Å². The molecule has 1 amide bonds. The molecule has 1 heterocycles. The van der Waals surface area contributed by atoms with E-state index < -0.39 is 0 Å². The summed E-state index contributed by atoms with van der Waals surface area (Å²) in [7, 11) is 0. The Balaban J connectivity index is 1.80. The number of benzene rings is 2. The van der Waals surface area contributed by atoms with Gasteiger partial charge in [0.2, 0.25) is 0 Å². The molecule has 21 heavy (non-hydrogen) atoms. The number of thioether (sulfide) groups is 1. The Hall–Kier alpha value is -1.68. The third kappa shape index (κ3) is 2.86. The number of rotatable bonds is 3. The molecule has 2 aromatic rings. The maximum atomic E-state index is 12.3. The number of hydrogen-bond acceptors (Lipinski definition) is 3. The van der Waals surface area contributed by atoms with E-state index in [1.54, 1.807) is 6.07 Å². The summed E-state index contributed by atoms with van der Waals surface area (Å²) in [4.78, 5) is 12.3. The number of carbonyl (C=O) groups is 1. The van der Waals surface area contributed by atoms with Crippen LogP contribution in [-0.4, -0.2) is 28.1 Å². The Morgan fingerprint density at radius 2 is 2.14 bits per heavy atom. The fourth-order valence-corrected chi connectivity index (χ4v) is 4.02. The monoisotopic (exact) mass is 301 g/mol. The van der Waals surface area contributed by atoms with Gasteiger partial charge in [-0.05, 0) is 37.0 Å². The summed E-state index contributed by atoms with van der Waals surface area (Å²) in [6.07, 6.45) is 2.33. The van der Waals surface area contributed by atoms with Crippen molar-refractivity contribution in [1.29, 1.82) is 0 Å².